The normalized spacial score (nSPS) is 18.7. The minimum absolute atomic E-state index is 0.0389. The van der Waals surface area contributed by atoms with Gasteiger partial charge in [-0.1, -0.05) is 18.7 Å². The molecule has 1 aliphatic rings. The average Bonchev–Trinajstić information content (AvgIpc) is 2.61. The zero-order valence-corrected chi connectivity index (χ0v) is 15.1. The van der Waals surface area contributed by atoms with Gasteiger partial charge < -0.3 is 15.7 Å². The highest BCUT2D eigenvalue weighted by molar-refractivity contribution is 8.13. The lowest BCUT2D eigenvalue weighted by Crippen LogP contribution is -2.44. The third-order valence-electron chi connectivity index (χ3n) is 4.16. The predicted molar refractivity (Wildman–Crippen MR) is 101 cm³/mol. The Kier molecular flexibility index (Phi) is 7.59. The van der Waals surface area contributed by atoms with Crippen LogP contribution in [0.3, 0.4) is 0 Å². The van der Waals surface area contributed by atoms with Crippen LogP contribution in [0.25, 0.3) is 0 Å². The van der Waals surface area contributed by atoms with Crippen molar-refractivity contribution in [3.05, 3.63) is 29.8 Å². The summed E-state index contributed by atoms with van der Waals surface area (Å²) in [6.07, 6.45) is 4.83. The first-order valence-corrected chi connectivity index (χ1v) is 9.63. The molecule has 6 heteroatoms. The first-order chi connectivity index (χ1) is 11.7. The molecule has 132 valence electrons. The van der Waals surface area contributed by atoms with Crippen molar-refractivity contribution in [1.29, 1.82) is 0 Å². The van der Waals surface area contributed by atoms with Crippen LogP contribution >= 0.6 is 11.8 Å². The van der Waals surface area contributed by atoms with E-state index in [-0.39, 0.29) is 18.6 Å². The standard InChI is InChI=1S/C18H27N3O2S/c1-2-13-24-18(19)20-15-8-6-14(7-9-15)17(23)21-11-4-3-5-16(21)10-12-22/h6-9,16,22H,2-5,10-13H2,1H3,(H2,19,20). The minimum atomic E-state index is 0.0389. The molecule has 2 rings (SSSR count). The molecule has 1 aromatic carbocycles. The summed E-state index contributed by atoms with van der Waals surface area (Å²) in [5, 5.41) is 9.75. The molecule has 1 saturated heterocycles. The van der Waals surface area contributed by atoms with E-state index in [0.717, 1.165) is 43.7 Å². The van der Waals surface area contributed by atoms with Crippen LogP contribution in [0.4, 0.5) is 5.69 Å². The number of aliphatic hydroxyl groups excluding tert-OH is 1. The maximum atomic E-state index is 12.7. The van der Waals surface area contributed by atoms with Crippen LogP contribution in [0.15, 0.2) is 29.3 Å². The Labute approximate surface area is 148 Å². The van der Waals surface area contributed by atoms with Crippen LogP contribution < -0.4 is 5.73 Å². The molecule has 3 N–H and O–H groups in total. The van der Waals surface area contributed by atoms with Crippen molar-refractivity contribution >= 4 is 28.5 Å². The molecule has 24 heavy (non-hydrogen) atoms. The van der Waals surface area contributed by atoms with Crippen LogP contribution in [0.1, 0.15) is 49.4 Å². The highest BCUT2D eigenvalue weighted by Crippen LogP contribution is 2.23. The van der Waals surface area contributed by atoms with E-state index in [1.165, 1.54) is 11.8 Å². The fourth-order valence-electron chi connectivity index (χ4n) is 2.93. The Morgan fingerprint density at radius 3 is 2.79 bits per heavy atom. The third-order valence-corrected chi connectivity index (χ3v) is 5.16. The highest BCUT2D eigenvalue weighted by atomic mass is 32.2. The number of aliphatic imine (C=N–C) groups is 1. The summed E-state index contributed by atoms with van der Waals surface area (Å²) < 4.78 is 0. The van der Waals surface area contributed by atoms with E-state index in [4.69, 9.17) is 5.73 Å². The summed E-state index contributed by atoms with van der Waals surface area (Å²) in [5.74, 6) is 0.990. The predicted octanol–water partition coefficient (Wildman–Crippen LogP) is 3.15. The molecule has 5 nitrogen and oxygen atoms in total. The van der Waals surface area contributed by atoms with Crippen molar-refractivity contribution in [3.63, 3.8) is 0 Å². The lowest BCUT2D eigenvalue weighted by molar-refractivity contribution is 0.0574. The molecular formula is C18H27N3O2S. The number of rotatable bonds is 6. The number of nitrogens with two attached hydrogens (primary N) is 1. The molecular weight excluding hydrogens is 322 g/mol. The fraction of sp³-hybridized carbons (Fsp3) is 0.556. The molecule has 1 atom stereocenters. The Morgan fingerprint density at radius 2 is 2.12 bits per heavy atom. The van der Waals surface area contributed by atoms with Gasteiger partial charge in [0.05, 0.1) is 5.69 Å². The molecule has 1 aromatic rings. The van der Waals surface area contributed by atoms with Gasteiger partial charge in [-0.05, 0) is 56.4 Å². The molecule has 1 fully saturated rings. The fourth-order valence-corrected chi connectivity index (χ4v) is 3.51. The summed E-state index contributed by atoms with van der Waals surface area (Å²) in [7, 11) is 0. The number of thioether (sulfide) groups is 1. The van der Waals surface area contributed by atoms with Crippen molar-refractivity contribution in [2.24, 2.45) is 10.7 Å². The largest absolute Gasteiger partial charge is 0.396 e. The van der Waals surface area contributed by atoms with E-state index in [0.29, 0.717) is 17.2 Å². The van der Waals surface area contributed by atoms with E-state index in [1.54, 1.807) is 0 Å². The molecule has 0 aliphatic carbocycles. The van der Waals surface area contributed by atoms with Crippen molar-refractivity contribution in [3.8, 4) is 0 Å². The zero-order valence-electron chi connectivity index (χ0n) is 14.3. The van der Waals surface area contributed by atoms with Gasteiger partial charge in [-0.15, -0.1) is 0 Å². The Balaban J connectivity index is 2.05. The number of carbonyl (C=O) groups is 1. The molecule has 1 heterocycles. The number of benzene rings is 1. The second kappa shape index (κ2) is 9.69. The van der Waals surface area contributed by atoms with E-state index in [9.17, 15) is 9.90 Å². The maximum Gasteiger partial charge on any atom is 0.254 e. The molecule has 0 saturated carbocycles. The number of amidine groups is 1. The Morgan fingerprint density at radius 1 is 1.38 bits per heavy atom. The van der Waals surface area contributed by atoms with Gasteiger partial charge in [-0.25, -0.2) is 4.99 Å². The van der Waals surface area contributed by atoms with Gasteiger partial charge in [0.15, 0.2) is 5.17 Å². The van der Waals surface area contributed by atoms with Crippen molar-refractivity contribution in [2.75, 3.05) is 18.9 Å². The second-order valence-electron chi connectivity index (χ2n) is 6.01. The van der Waals surface area contributed by atoms with Gasteiger partial charge in [0, 0.05) is 30.5 Å². The maximum absolute atomic E-state index is 12.7. The van der Waals surface area contributed by atoms with Crippen LogP contribution in [0.5, 0.6) is 0 Å². The van der Waals surface area contributed by atoms with Gasteiger partial charge in [0.25, 0.3) is 5.91 Å². The summed E-state index contributed by atoms with van der Waals surface area (Å²) >= 11 is 1.54. The van der Waals surface area contributed by atoms with Crippen molar-refractivity contribution in [1.82, 2.24) is 4.90 Å². The highest BCUT2D eigenvalue weighted by Gasteiger charge is 2.26. The SMILES string of the molecule is CCCSC(N)=Nc1ccc(C(=O)N2CCCCC2CCO)cc1. The molecule has 1 aliphatic heterocycles. The van der Waals surface area contributed by atoms with Crippen LogP contribution in [0.2, 0.25) is 0 Å². The third kappa shape index (κ3) is 5.24. The lowest BCUT2D eigenvalue weighted by Gasteiger charge is -2.35. The van der Waals surface area contributed by atoms with E-state index in [2.05, 4.69) is 11.9 Å². The molecule has 0 spiro atoms. The van der Waals surface area contributed by atoms with Gasteiger partial charge >= 0.3 is 0 Å². The Hall–Kier alpha value is -1.53. The second-order valence-corrected chi connectivity index (χ2v) is 7.12. The van der Waals surface area contributed by atoms with Crippen LogP contribution in [0, 0.1) is 0 Å². The summed E-state index contributed by atoms with van der Waals surface area (Å²) in [5.41, 5.74) is 7.30. The number of hydrogen-bond donors (Lipinski definition) is 2. The summed E-state index contributed by atoms with van der Waals surface area (Å²) in [6.45, 7) is 2.99. The van der Waals surface area contributed by atoms with Gasteiger partial charge in [0.2, 0.25) is 0 Å². The van der Waals surface area contributed by atoms with E-state index in [1.807, 2.05) is 29.2 Å². The van der Waals surface area contributed by atoms with Crippen LogP contribution in [-0.2, 0) is 0 Å². The van der Waals surface area contributed by atoms with Gasteiger partial charge in [-0.2, -0.15) is 0 Å². The number of aliphatic hydroxyl groups is 1. The molecule has 1 unspecified atom stereocenters. The number of piperidine rings is 1. The van der Waals surface area contributed by atoms with Crippen LogP contribution in [-0.4, -0.2) is 46.0 Å². The van der Waals surface area contributed by atoms with E-state index >= 15 is 0 Å². The molecule has 0 bridgehead atoms. The number of likely N-dealkylation sites (tertiary alicyclic amines) is 1. The Bertz CT molecular complexity index is 558. The lowest BCUT2D eigenvalue weighted by atomic mass is 9.98. The topological polar surface area (TPSA) is 78.9 Å². The molecule has 0 radical (unpaired) electrons. The summed E-state index contributed by atoms with van der Waals surface area (Å²) in [6, 6.07) is 7.43. The first-order valence-electron chi connectivity index (χ1n) is 8.64. The number of nitrogens with zero attached hydrogens (tertiary/aromatic N) is 2. The number of carbonyl (C=O) groups excluding carboxylic acids is 1. The number of hydrogen-bond acceptors (Lipinski definition) is 4. The summed E-state index contributed by atoms with van der Waals surface area (Å²) in [4.78, 5) is 19.0. The quantitative estimate of drug-likeness (QED) is 0.611. The van der Waals surface area contributed by atoms with Crippen molar-refractivity contribution < 1.29 is 9.90 Å². The smallest absolute Gasteiger partial charge is 0.254 e. The zero-order chi connectivity index (χ0) is 17.4. The average molecular weight is 350 g/mol. The first kappa shape index (κ1) is 18.8. The molecule has 1 amide bonds. The number of amides is 1. The molecule has 0 aromatic heterocycles. The van der Waals surface area contributed by atoms with Gasteiger partial charge in [0.1, 0.15) is 0 Å². The van der Waals surface area contributed by atoms with Gasteiger partial charge in [-0.3, -0.25) is 4.79 Å². The monoisotopic (exact) mass is 349 g/mol. The van der Waals surface area contributed by atoms with E-state index < -0.39 is 0 Å². The minimum Gasteiger partial charge on any atom is -0.396 e. The van der Waals surface area contributed by atoms with Crippen molar-refractivity contribution in [2.45, 2.75) is 45.1 Å².